The fourth-order valence-corrected chi connectivity index (χ4v) is 2.33. The van der Waals surface area contributed by atoms with Crippen molar-refractivity contribution in [3.8, 4) is 5.69 Å². The molecule has 0 spiro atoms. The van der Waals surface area contributed by atoms with Crippen LogP contribution in [0.4, 0.5) is 4.39 Å². The number of aryl methyl sites for hydroxylation is 1. The lowest BCUT2D eigenvalue weighted by Gasteiger charge is -2.00. The Morgan fingerprint density at radius 3 is 2.56 bits per heavy atom. The summed E-state index contributed by atoms with van der Waals surface area (Å²) in [7, 11) is 0. The number of hydrogen-bond acceptors (Lipinski definition) is 3. The van der Waals surface area contributed by atoms with Gasteiger partial charge in [-0.1, -0.05) is 30.3 Å². The van der Waals surface area contributed by atoms with Crippen molar-refractivity contribution in [3.63, 3.8) is 0 Å². The van der Waals surface area contributed by atoms with E-state index in [1.165, 1.54) is 29.1 Å². The van der Waals surface area contributed by atoms with Crippen molar-refractivity contribution in [1.29, 1.82) is 0 Å². The number of hydrogen-bond donors (Lipinski definition) is 2. The minimum absolute atomic E-state index is 0.118. The quantitative estimate of drug-likeness (QED) is 0.566. The van der Waals surface area contributed by atoms with Crippen molar-refractivity contribution < 1.29 is 9.18 Å². The molecule has 0 aliphatic rings. The molecule has 0 bridgehead atoms. The van der Waals surface area contributed by atoms with E-state index in [2.05, 4.69) is 15.6 Å². The average molecular weight is 338 g/mol. The highest BCUT2D eigenvalue weighted by Crippen LogP contribution is 2.07. The normalized spacial score (nSPS) is 11.0. The summed E-state index contributed by atoms with van der Waals surface area (Å²) in [5.41, 5.74) is 3.39. The van der Waals surface area contributed by atoms with Crippen molar-refractivity contribution in [1.82, 2.24) is 15.2 Å². The van der Waals surface area contributed by atoms with Gasteiger partial charge in [0.05, 0.1) is 23.0 Å². The van der Waals surface area contributed by atoms with Crippen LogP contribution < -0.4 is 11.0 Å². The summed E-state index contributed by atoms with van der Waals surface area (Å²) in [4.78, 5) is 24.4. The Morgan fingerprint density at radius 1 is 1.16 bits per heavy atom. The number of para-hydroxylation sites is 1. The molecule has 0 aliphatic heterocycles. The molecule has 3 aromatic rings. The molecule has 0 radical (unpaired) electrons. The van der Waals surface area contributed by atoms with Gasteiger partial charge in [-0.15, -0.1) is 0 Å². The molecule has 2 N–H and O–H groups in total. The Labute approximate surface area is 142 Å². The van der Waals surface area contributed by atoms with Crippen molar-refractivity contribution in [3.05, 3.63) is 87.6 Å². The van der Waals surface area contributed by atoms with Crippen LogP contribution in [0.15, 0.2) is 64.5 Å². The van der Waals surface area contributed by atoms with Gasteiger partial charge >= 0.3 is 0 Å². The molecular formula is C18H15FN4O2. The van der Waals surface area contributed by atoms with Gasteiger partial charge < -0.3 is 0 Å². The van der Waals surface area contributed by atoms with Crippen LogP contribution in [0.3, 0.4) is 0 Å². The number of H-pyrrole nitrogens is 1. The monoisotopic (exact) mass is 338 g/mol. The number of amides is 1. The number of carbonyl (C=O) groups is 1. The maximum absolute atomic E-state index is 13.5. The summed E-state index contributed by atoms with van der Waals surface area (Å²) in [6.45, 7) is 1.72. The average Bonchev–Trinajstić information content (AvgIpc) is 2.91. The van der Waals surface area contributed by atoms with E-state index in [0.29, 0.717) is 16.9 Å². The number of benzene rings is 2. The highest BCUT2D eigenvalue weighted by atomic mass is 19.1. The van der Waals surface area contributed by atoms with Crippen molar-refractivity contribution in [2.24, 2.45) is 5.10 Å². The minimum Gasteiger partial charge on any atom is -0.295 e. The highest BCUT2D eigenvalue weighted by Gasteiger charge is 2.12. The molecular weight excluding hydrogens is 323 g/mol. The lowest BCUT2D eigenvalue weighted by atomic mass is 10.2. The molecule has 0 unspecified atom stereocenters. The zero-order chi connectivity index (χ0) is 17.8. The summed E-state index contributed by atoms with van der Waals surface area (Å²) in [5, 5.41) is 6.71. The van der Waals surface area contributed by atoms with Gasteiger partial charge in [-0.25, -0.2) is 14.5 Å². The molecule has 0 saturated carbocycles. The predicted octanol–water partition coefficient (Wildman–Crippen LogP) is 2.38. The van der Waals surface area contributed by atoms with Crippen LogP contribution in [0.1, 0.15) is 21.6 Å². The maximum atomic E-state index is 13.5. The fraction of sp³-hybridized carbons (Fsp3) is 0.0556. The number of aromatic nitrogens is 2. The summed E-state index contributed by atoms with van der Waals surface area (Å²) < 4.78 is 14.9. The zero-order valence-electron chi connectivity index (χ0n) is 13.4. The maximum Gasteiger partial charge on any atom is 0.280 e. The van der Waals surface area contributed by atoms with Crippen LogP contribution >= 0.6 is 0 Å². The SMILES string of the molecule is Cc1[nH]n(-c2ccccc2)c(=O)c1/C=N/NC(=O)c1ccccc1F. The summed E-state index contributed by atoms with van der Waals surface area (Å²) in [6.07, 6.45) is 1.24. The zero-order valence-corrected chi connectivity index (χ0v) is 13.4. The van der Waals surface area contributed by atoms with Crippen molar-refractivity contribution in [2.45, 2.75) is 6.92 Å². The van der Waals surface area contributed by atoms with E-state index in [1.54, 1.807) is 25.1 Å². The molecule has 0 aliphatic carbocycles. The Hall–Kier alpha value is -3.48. The van der Waals surface area contributed by atoms with Crippen LogP contribution in [0.2, 0.25) is 0 Å². The second-order valence-electron chi connectivity index (χ2n) is 5.31. The first-order chi connectivity index (χ1) is 12.1. The van der Waals surface area contributed by atoms with Crippen LogP contribution in [0.25, 0.3) is 5.69 Å². The van der Waals surface area contributed by atoms with E-state index in [4.69, 9.17) is 0 Å². The van der Waals surface area contributed by atoms with Gasteiger partial charge in [0.25, 0.3) is 11.5 Å². The van der Waals surface area contributed by atoms with Crippen molar-refractivity contribution in [2.75, 3.05) is 0 Å². The second-order valence-corrected chi connectivity index (χ2v) is 5.31. The van der Waals surface area contributed by atoms with Gasteiger partial charge in [-0.3, -0.25) is 14.7 Å². The Bertz CT molecular complexity index is 990. The lowest BCUT2D eigenvalue weighted by molar-refractivity contribution is 0.0951. The highest BCUT2D eigenvalue weighted by molar-refractivity contribution is 5.95. The van der Waals surface area contributed by atoms with Crippen LogP contribution in [0, 0.1) is 12.7 Å². The standard InChI is InChI=1S/C18H15FN4O2/c1-12-15(18(25)23(22-12)13-7-3-2-4-8-13)11-20-21-17(24)14-9-5-6-10-16(14)19/h2-11,22H,1H3,(H,21,24)/b20-11+. The van der Waals surface area contributed by atoms with Gasteiger partial charge in [-0.2, -0.15) is 5.10 Å². The number of carbonyl (C=O) groups excluding carboxylic acids is 1. The molecule has 1 amide bonds. The molecule has 2 aromatic carbocycles. The Morgan fingerprint density at radius 2 is 1.84 bits per heavy atom. The van der Waals surface area contributed by atoms with E-state index >= 15 is 0 Å². The van der Waals surface area contributed by atoms with E-state index < -0.39 is 11.7 Å². The fourth-order valence-electron chi connectivity index (χ4n) is 2.33. The van der Waals surface area contributed by atoms with Gasteiger partial charge in [-0.05, 0) is 31.2 Å². The van der Waals surface area contributed by atoms with Gasteiger partial charge in [0.1, 0.15) is 5.82 Å². The summed E-state index contributed by atoms with van der Waals surface area (Å²) >= 11 is 0. The molecule has 25 heavy (non-hydrogen) atoms. The number of nitrogens with one attached hydrogen (secondary N) is 2. The minimum atomic E-state index is -0.689. The van der Waals surface area contributed by atoms with Gasteiger partial charge in [0.2, 0.25) is 0 Å². The third-order valence-electron chi connectivity index (χ3n) is 3.61. The number of hydrazone groups is 1. The molecule has 3 rings (SSSR count). The first kappa shape index (κ1) is 16.4. The lowest BCUT2D eigenvalue weighted by Crippen LogP contribution is -2.21. The first-order valence-electron chi connectivity index (χ1n) is 7.53. The largest absolute Gasteiger partial charge is 0.295 e. The Kier molecular flexibility index (Phi) is 4.56. The van der Waals surface area contributed by atoms with Crippen molar-refractivity contribution >= 4 is 12.1 Å². The van der Waals surface area contributed by atoms with E-state index in [-0.39, 0.29) is 11.1 Å². The third kappa shape index (κ3) is 3.40. The smallest absolute Gasteiger partial charge is 0.280 e. The summed E-state index contributed by atoms with van der Waals surface area (Å²) in [6, 6.07) is 14.7. The number of rotatable bonds is 4. The van der Waals surface area contributed by atoms with Crippen LogP contribution in [0.5, 0.6) is 0 Å². The molecule has 6 nitrogen and oxygen atoms in total. The van der Waals surface area contributed by atoms with Crippen LogP contribution in [-0.4, -0.2) is 21.9 Å². The molecule has 126 valence electrons. The molecule has 1 heterocycles. The molecule has 0 saturated heterocycles. The third-order valence-corrected chi connectivity index (χ3v) is 3.61. The van der Waals surface area contributed by atoms with E-state index in [9.17, 15) is 14.0 Å². The second kappa shape index (κ2) is 6.96. The topological polar surface area (TPSA) is 79.2 Å². The molecule has 0 fully saturated rings. The molecule has 0 atom stereocenters. The number of aromatic amines is 1. The van der Waals surface area contributed by atoms with E-state index in [1.807, 2.05) is 18.2 Å². The molecule has 7 heteroatoms. The molecule has 1 aromatic heterocycles. The number of halogens is 1. The number of nitrogens with zero attached hydrogens (tertiary/aromatic N) is 2. The van der Waals surface area contributed by atoms with Gasteiger partial charge in [0, 0.05) is 5.69 Å². The Balaban J connectivity index is 1.81. The predicted molar refractivity (Wildman–Crippen MR) is 92.6 cm³/mol. The van der Waals surface area contributed by atoms with Crippen LogP contribution in [-0.2, 0) is 0 Å². The first-order valence-corrected chi connectivity index (χ1v) is 7.53. The van der Waals surface area contributed by atoms with Gasteiger partial charge in [0.15, 0.2) is 0 Å². The summed E-state index contributed by atoms with van der Waals surface area (Å²) in [5.74, 6) is -1.33. The van der Waals surface area contributed by atoms with E-state index in [0.717, 1.165) is 0 Å².